The molecule has 2 aliphatic rings. The number of piperidine rings is 1. The van der Waals surface area contributed by atoms with E-state index in [0.717, 1.165) is 56.4 Å². The van der Waals surface area contributed by atoms with Crippen molar-refractivity contribution in [3.05, 3.63) is 27.7 Å². The molecule has 1 fully saturated rings. The van der Waals surface area contributed by atoms with Gasteiger partial charge in [-0.1, -0.05) is 0 Å². The molecule has 3 heterocycles. The molecule has 0 bridgehead atoms. The fourth-order valence-electron chi connectivity index (χ4n) is 4.20. The fourth-order valence-corrected chi connectivity index (χ4v) is 4.20. The van der Waals surface area contributed by atoms with E-state index in [0.29, 0.717) is 6.04 Å². The number of hydrogen-bond donors (Lipinski definition) is 0. The number of aromatic nitrogens is 3. The van der Waals surface area contributed by atoms with Gasteiger partial charge in [-0.05, 0) is 64.2 Å². The van der Waals surface area contributed by atoms with Crippen molar-refractivity contribution in [3.8, 4) is 0 Å². The van der Waals surface area contributed by atoms with E-state index in [1.807, 2.05) is 17.9 Å². The molecule has 4 rings (SSSR count). The molecule has 0 unspecified atom stereocenters. The van der Waals surface area contributed by atoms with Crippen LogP contribution < -0.4 is 5.56 Å². The van der Waals surface area contributed by atoms with Crippen LogP contribution in [0, 0.1) is 0 Å². The van der Waals surface area contributed by atoms with Gasteiger partial charge in [0.2, 0.25) is 0 Å². The zero-order valence-electron chi connectivity index (χ0n) is 13.5. The van der Waals surface area contributed by atoms with Gasteiger partial charge in [-0.15, -0.1) is 0 Å². The summed E-state index contributed by atoms with van der Waals surface area (Å²) in [6.07, 6.45) is 8.36. The average molecular weight is 300 g/mol. The lowest BCUT2D eigenvalue weighted by atomic mass is 9.90. The molecule has 5 nitrogen and oxygen atoms in total. The average Bonchev–Trinajstić information content (AvgIpc) is 2.92. The summed E-state index contributed by atoms with van der Waals surface area (Å²) in [4.78, 5) is 15.5. The molecular formula is C17H24N4O. The Morgan fingerprint density at radius 1 is 1.09 bits per heavy atom. The van der Waals surface area contributed by atoms with Crippen molar-refractivity contribution in [2.24, 2.45) is 7.05 Å². The first-order valence-corrected chi connectivity index (χ1v) is 8.43. The van der Waals surface area contributed by atoms with Gasteiger partial charge in [0.15, 0.2) is 0 Å². The van der Waals surface area contributed by atoms with Crippen LogP contribution in [0.25, 0.3) is 11.0 Å². The van der Waals surface area contributed by atoms with Gasteiger partial charge in [0.05, 0.1) is 6.20 Å². The van der Waals surface area contributed by atoms with Crippen LogP contribution in [-0.2, 0) is 19.9 Å². The van der Waals surface area contributed by atoms with E-state index in [2.05, 4.69) is 21.6 Å². The summed E-state index contributed by atoms with van der Waals surface area (Å²) in [5, 5.41) is 5.67. The lowest BCUT2D eigenvalue weighted by molar-refractivity contribution is 0.220. The Morgan fingerprint density at radius 2 is 1.77 bits per heavy atom. The first kappa shape index (κ1) is 14.0. The second kappa shape index (κ2) is 5.23. The molecule has 2 aromatic rings. The molecule has 0 atom stereocenters. The van der Waals surface area contributed by atoms with Crippen LogP contribution in [0.4, 0.5) is 0 Å². The number of fused-ring (bicyclic) bond motifs is 3. The van der Waals surface area contributed by atoms with Gasteiger partial charge < -0.3 is 4.90 Å². The van der Waals surface area contributed by atoms with E-state index in [4.69, 9.17) is 0 Å². The number of likely N-dealkylation sites (tertiary alicyclic amines) is 1. The van der Waals surface area contributed by atoms with Gasteiger partial charge in [0.25, 0.3) is 5.56 Å². The molecule has 2 aromatic heterocycles. The lowest BCUT2D eigenvalue weighted by Crippen LogP contribution is -2.37. The third-order valence-electron chi connectivity index (χ3n) is 5.46. The summed E-state index contributed by atoms with van der Waals surface area (Å²) in [5.74, 6) is 0. The molecule has 0 saturated carbocycles. The summed E-state index contributed by atoms with van der Waals surface area (Å²) in [7, 11) is 4.12. The Bertz CT molecular complexity index is 765. The number of rotatable bonds is 1. The van der Waals surface area contributed by atoms with Gasteiger partial charge in [0, 0.05) is 24.0 Å². The number of aryl methyl sites for hydroxylation is 2. The van der Waals surface area contributed by atoms with Gasteiger partial charge in [-0.2, -0.15) is 5.10 Å². The standard InChI is InChI=1S/C17H24N4O/c1-19-9-7-12(8-10-19)21-16-15(11-18-20(16)2)13-5-3-4-6-14(13)17(21)22/h11-12H,3-10H2,1-2H3. The third-order valence-corrected chi connectivity index (χ3v) is 5.46. The summed E-state index contributed by atoms with van der Waals surface area (Å²) < 4.78 is 3.96. The van der Waals surface area contributed by atoms with Gasteiger partial charge >= 0.3 is 0 Å². The summed E-state index contributed by atoms with van der Waals surface area (Å²) in [6, 6.07) is 0.314. The van der Waals surface area contributed by atoms with E-state index in [1.54, 1.807) is 0 Å². The highest BCUT2D eigenvalue weighted by Crippen LogP contribution is 2.30. The van der Waals surface area contributed by atoms with Gasteiger partial charge in [0.1, 0.15) is 5.65 Å². The molecule has 0 spiro atoms. The molecule has 22 heavy (non-hydrogen) atoms. The Kier molecular flexibility index (Phi) is 3.33. The number of hydrogen-bond acceptors (Lipinski definition) is 3. The Balaban J connectivity index is 1.95. The predicted molar refractivity (Wildman–Crippen MR) is 87.4 cm³/mol. The van der Waals surface area contributed by atoms with Crippen molar-refractivity contribution in [1.82, 2.24) is 19.2 Å². The summed E-state index contributed by atoms with van der Waals surface area (Å²) in [5.41, 5.74) is 3.61. The Hall–Kier alpha value is -1.62. The topological polar surface area (TPSA) is 43.1 Å². The van der Waals surface area contributed by atoms with Crippen molar-refractivity contribution < 1.29 is 0 Å². The van der Waals surface area contributed by atoms with Crippen LogP contribution in [0.15, 0.2) is 11.0 Å². The maximum absolute atomic E-state index is 13.2. The molecule has 0 N–H and O–H groups in total. The summed E-state index contributed by atoms with van der Waals surface area (Å²) >= 11 is 0. The van der Waals surface area contributed by atoms with Crippen molar-refractivity contribution >= 4 is 11.0 Å². The van der Waals surface area contributed by atoms with Gasteiger partial charge in [-0.25, -0.2) is 0 Å². The minimum atomic E-state index is 0.250. The predicted octanol–water partition coefficient (Wildman–Crippen LogP) is 1.88. The van der Waals surface area contributed by atoms with Crippen LogP contribution in [0.3, 0.4) is 0 Å². The fraction of sp³-hybridized carbons (Fsp3) is 0.647. The Morgan fingerprint density at radius 3 is 2.50 bits per heavy atom. The maximum Gasteiger partial charge on any atom is 0.255 e. The van der Waals surface area contributed by atoms with Crippen LogP contribution in [-0.4, -0.2) is 39.4 Å². The number of nitrogens with zero attached hydrogens (tertiary/aromatic N) is 4. The highest BCUT2D eigenvalue weighted by Gasteiger charge is 2.27. The number of pyridine rings is 1. The second-order valence-corrected chi connectivity index (χ2v) is 6.88. The second-order valence-electron chi connectivity index (χ2n) is 6.88. The zero-order valence-corrected chi connectivity index (χ0v) is 13.5. The molecule has 0 amide bonds. The minimum Gasteiger partial charge on any atom is -0.306 e. The zero-order chi connectivity index (χ0) is 15.3. The molecular weight excluding hydrogens is 276 g/mol. The SMILES string of the molecule is CN1CCC(n2c(=O)c3c(c4cnn(C)c42)CCCC3)CC1. The molecule has 1 saturated heterocycles. The van der Waals surface area contributed by atoms with Crippen molar-refractivity contribution in [3.63, 3.8) is 0 Å². The van der Waals surface area contributed by atoms with Gasteiger partial charge in [-0.3, -0.25) is 14.0 Å². The minimum absolute atomic E-state index is 0.250. The molecule has 118 valence electrons. The first-order chi connectivity index (χ1) is 10.7. The van der Waals surface area contributed by atoms with Crippen LogP contribution >= 0.6 is 0 Å². The van der Waals surface area contributed by atoms with Crippen molar-refractivity contribution in [2.75, 3.05) is 20.1 Å². The van der Waals surface area contributed by atoms with E-state index < -0.39 is 0 Å². The van der Waals surface area contributed by atoms with Crippen molar-refractivity contribution in [1.29, 1.82) is 0 Å². The van der Waals surface area contributed by atoms with Crippen LogP contribution in [0.1, 0.15) is 42.9 Å². The normalized spacial score (nSPS) is 20.5. The molecule has 5 heteroatoms. The summed E-state index contributed by atoms with van der Waals surface area (Å²) in [6.45, 7) is 2.13. The van der Waals surface area contributed by atoms with Crippen LogP contribution in [0.2, 0.25) is 0 Å². The lowest BCUT2D eigenvalue weighted by Gasteiger charge is -2.32. The maximum atomic E-state index is 13.2. The molecule has 1 aliphatic heterocycles. The monoisotopic (exact) mass is 300 g/mol. The highest BCUT2D eigenvalue weighted by atomic mass is 16.1. The quantitative estimate of drug-likeness (QED) is 0.807. The Labute approximate surface area is 130 Å². The van der Waals surface area contributed by atoms with E-state index >= 15 is 0 Å². The highest BCUT2D eigenvalue weighted by molar-refractivity contribution is 5.80. The first-order valence-electron chi connectivity index (χ1n) is 8.43. The van der Waals surface area contributed by atoms with Crippen molar-refractivity contribution in [2.45, 2.75) is 44.6 Å². The van der Waals surface area contributed by atoms with E-state index in [9.17, 15) is 4.79 Å². The molecule has 0 aromatic carbocycles. The third kappa shape index (κ3) is 2.02. The molecule has 0 radical (unpaired) electrons. The largest absolute Gasteiger partial charge is 0.306 e. The van der Waals surface area contributed by atoms with Crippen LogP contribution in [0.5, 0.6) is 0 Å². The smallest absolute Gasteiger partial charge is 0.255 e. The molecule has 1 aliphatic carbocycles. The van der Waals surface area contributed by atoms with E-state index in [-0.39, 0.29) is 5.56 Å². The van der Waals surface area contributed by atoms with E-state index in [1.165, 1.54) is 17.4 Å².